The molecule has 0 aliphatic rings. The van der Waals surface area contributed by atoms with E-state index in [4.69, 9.17) is 10.8 Å². The van der Waals surface area contributed by atoms with E-state index >= 15 is 0 Å². The van der Waals surface area contributed by atoms with Crippen LogP contribution in [0, 0.1) is 5.82 Å². The summed E-state index contributed by atoms with van der Waals surface area (Å²) in [6, 6.07) is 3.82. The number of aliphatic hydroxyl groups is 1. The first-order valence-corrected chi connectivity index (χ1v) is 4.25. The van der Waals surface area contributed by atoms with Crippen LogP contribution in [0.3, 0.4) is 0 Å². The Hall–Kier alpha value is -0.450. The van der Waals surface area contributed by atoms with Gasteiger partial charge in [-0.25, -0.2) is 4.39 Å². The first kappa shape index (κ1) is 9.64. The van der Waals surface area contributed by atoms with Crippen LogP contribution in [-0.4, -0.2) is 11.7 Å². The largest absolute Gasteiger partial charge is 0.394 e. The molecule has 1 aromatic rings. The highest BCUT2D eigenvalue weighted by molar-refractivity contribution is 9.10. The van der Waals surface area contributed by atoms with Gasteiger partial charge in [-0.15, -0.1) is 0 Å². The minimum atomic E-state index is -0.517. The van der Waals surface area contributed by atoms with E-state index in [0.29, 0.717) is 10.0 Å². The number of benzene rings is 1. The summed E-state index contributed by atoms with van der Waals surface area (Å²) in [7, 11) is 0. The summed E-state index contributed by atoms with van der Waals surface area (Å²) in [5.41, 5.74) is 6.08. The molecule has 1 atom stereocenters. The monoisotopic (exact) mass is 233 g/mol. The Bertz CT molecular complexity index is 260. The Balaban J connectivity index is 3.00. The lowest BCUT2D eigenvalue weighted by Gasteiger charge is -2.08. The van der Waals surface area contributed by atoms with Crippen molar-refractivity contribution in [3.63, 3.8) is 0 Å². The Morgan fingerprint density at radius 2 is 2.17 bits per heavy atom. The number of hydrogen-bond donors (Lipinski definition) is 2. The molecule has 0 unspecified atom stereocenters. The average Bonchev–Trinajstić information content (AvgIpc) is 2.01. The molecule has 1 rings (SSSR count). The maximum absolute atomic E-state index is 12.8. The second-order valence-corrected chi connectivity index (χ2v) is 3.41. The molecule has 0 radical (unpaired) electrons. The lowest BCUT2D eigenvalue weighted by Crippen LogP contribution is -2.14. The Labute approximate surface area is 78.3 Å². The first-order valence-electron chi connectivity index (χ1n) is 3.46. The maximum atomic E-state index is 12.8. The molecule has 0 aliphatic carbocycles. The SMILES string of the molecule is N[C@@H](CO)c1cc(F)cc(Br)c1. The van der Waals surface area contributed by atoms with Crippen molar-refractivity contribution in [2.75, 3.05) is 6.61 Å². The number of hydrogen-bond acceptors (Lipinski definition) is 2. The van der Waals surface area contributed by atoms with Crippen molar-refractivity contribution < 1.29 is 9.50 Å². The Morgan fingerprint density at radius 3 is 2.67 bits per heavy atom. The molecule has 0 aromatic heterocycles. The molecule has 0 aliphatic heterocycles. The van der Waals surface area contributed by atoms with Gasteiger partial charge in [0.15, 0.2) is 0 Å². The summed E-state index contributed by atoms with van der Waals surface area (Å²) in [6.07, 6.45) is 0. The van der Waals surface area contributed by atoms with Crippen LogP contribution < -0.4 is 5.73 Å². The topological polar surface area (TPSA) is 46.2 Å². The van der Waals surface area contributed by atoms with Crippen molar-refractivity contribution in [2.45, 2.75) is 6.04 Å². The molecule has 2 nitrogen and oxygen atoms in total. The second-order valence-electron chi connectivity index (χ2n) is 2.49. The van der Waals surface area contributed by atoms with E-state index in [9.17, 15) is 4.39 Å². The van der Waals surface area contributed by atoms with Gasteiger partial charge < -0.3 is 10.8 Å². The highest BCUT2D eigenvalue weighted by atomic mass is 79.9. The lowest BCUT2D eigenvalue weighted by atomic mass is 10.1. The van der Waals surface area contributed by atoms with Gasteiger partial charge in [-0.05, 0) is 23.8 Å². The van der Waals surface area contributed by atoms with Crippen molar-refractivity contribution in [2.24, 2.45) is 5.73 Å². The molecular formula is C8H9BrFNO. The maximum Gasteiger partial charge on any atom is 0.124 e. The molecule has 0 fully saturated rings. The Kier molecular flexibility index (Phi) is 3.20. The third-order valence-corrected chi connectivity index (χ3v) is 1.97. The van der Waals surface area contributed by atoms with Crippen molar-refractivity contribution in [3.8, 4) is 0 Å². The molecule has 66 valence electrons. The molecule has 0 spiro atoms. The number of aliphatic hydroxyl groups excluding tert-OH is 1. The summed E-state index contributed by atoms with van der Waals surface area (Å²) in [4.78, 5) is 0. The van der Waals surface area contributed by atoms with Gasteiger partial charge in [0.1, 0.15) is 5.82 Å². The van der Waals surface area contributed by atoms with E-state index in [0.717, 1.165) is 0 Å². The molecule has 0 saturated carbocycles. The van der Waals surface area contributed by atoms with E-state index in [1.54, 1.807) is 6.07 Å². The average molecular weight is 234 g/mol. The van der Waals surface area contributed by atoms with E-state index in [1.165, 1.54) is 12.1 Å². The molecule has 1 aromatic carbocycles. The molecule has 12 heavy (non-hydrogen) atoms. The zero-order chi connectivity index (χ0) is 9.14. The minimum absolute atomic E-state index is 0.185. The molecule has 3 N–H and O–H groups in total. The van der Waals surface area contributed by atoms with Gasteiger partial charge in [0.05, 0.1) is 12.6 Å². The predicted octanol–water partition coefficient (Wildman–Crippen LogP) is 1.58. The first-order chi connectivity index (χ1) is 5.63. The van der Waals surface area contributed by atoms with Gasteiger partial charge in [-0.3, -0.25) is 0 Å². The quantitative estimate of drug-likeness (QED) is 0.815. The van der Waals surface area contributed by atoms with E-state index in [1.807, 2.05) is 0 Å². The van der Waals surface area contributed by atoms with Crippen molar-refractivity contribution in [3.05, 3.63) is 34.1 Å². The van der Waals surface area contributed by atoms with Crippen molar-refractivity contribution in [1.82, 2.24) is 0 Å². The lowest BCUT2D eigenvalue weighted by molar-refractivity contribution is 0.267. The van der Waals surface area contributed by atoms with Crippen LogP contribution in [0.2, 0.25) is 0 Å². The standard InChI is InChI=1S/C8H9BrFNO/c9-6-1-5(8(11)4-12)2-7(10)3-6/h1-3,8,12H,4,11H2/t8-/m0/s1. The van der Waals surface area contributed by atoms with Crippen LogP contribution in [0.4, 0.5) is 4.39 Å². The Morgan fingerprint density at radius 1 is 1.50 bits per heavy atom. The third-order valence-electron chi connectivity index (χ3n) is 1.51. The smallest absolute Gasteiger partial charge is 0.124 e. The summed E-state index contributed by atoms with van der Waals surface area (Å²) >= 11 is 3.13. The van der Waals surface area contributed by atoms with Crippen LogP contribution in [0.5, 0.6) is 0 Å². The van der Waals surface area contributed by atoms with Crippen molar-refractivity contribution >= 4 is 15.9 Å². The summed E-state index contributed by atoms with van der Waals surface area (Å²) in [6.45, 7) is -0.185. The number of halogens is 2. The molecule has 0 bridgehead atoms. The van der Waals surface area contributed by atoms with Crippen LogP contribution in [0.1, 0.15) is 11.6 Å². The van der Waals surface area contributed by atoms with Gasteiger partial charge in [-0.1, -0.05) is 15.9 Å². The molecule has 4 heteroatoms. The van der Waals surface area contributed by atoms with Gasteiger partial charge in [-0.2, -0.15) is 0 Å². The fourth-order valence-corrected chi connectivity index (χ4v) is 1.38. The molecule has 0 amide bonds. The van der Waals surface area contributed by atoms with E-state index < -0.39 is 6.04 Å². The summed E-state index contributed by atoms with van der Waals surface area (Å²) < 4.78 is 13.4. The highest BCUT2D eigenvalue weighted by Gasteiger charge is 2.06. The van der Waals surface area contributed by atoms with Gasteiger partial charge in [0.25, 0.3) is 0 Å². The zero-order valence-electron chi connectivity index (χ0n) is 6.30. The fourth-order valence-electron chi connectivity index (χ4n) is 0.895. The molecule has 0 saturated heterocycles. The van der Waals surface area contributed by atoms with Gasteiger partial charge in [0, 0.05) is 4.47 Å². The van der Waals surface area contributed by atoms with Crippen LogP contribution in [0.15, 0.2) is 22.7 Å². The highest BCUT2D eigenvalue weighted by Crippen LogP contribution is 2.18. The van der Waals surface area contributed by atoms with Gasteiger partial charge >= 0.3 is 0 Å². The predicted molar refractivity (Wildman–Crippen MR) is 48.1 cm³/mol. The van der Waals surface area contributed by atoms with E-state index in [-0.39, 0.29) is 12.4 Å². The van der Waals surface area contributed by atoms with Crippen LogP contribution >= 0.6 is 15.9 Å². The zero-order valence-corrected chi connectivity index (χ0v) is 7.88. The van der Waals surface area contributed by atoms with E-state index in [2.05, 4.69) is 15.9 Å². The number of nitrogens with two attached hydrogens (primary N) is 1. The normalized spacial score (nSPS) is 13.0. The van der Waals surface area contributed by atoms with Crippen molar-refractivity contribution in [1.29, 1.82) is 0 Å². The molecule has 0 heterocycles. The molecular weight excluding hydrogens is 225 g/mol. The number of rotatable bonds is 2. The van der Waals surface area contributed by atoms with Crippen LogP contribution in [-0.2, 0) is 0 Å². The second kappa shape index (κ2) is 3.98. The fraction of sp³-hybridized carbons (Fsp3) is 0.250. The van der Waals surface area contributed by atoms with Gasteiger partial charge in [0.2, 0.25) is 0 Å². The van der Waals surface area contributed by atoms with Crippen LogP contribution in [0.25, 0.3) is 0 Å². The third kappa shape index (κ3) is 2.27. The summed E-state index contributed by atoms with van der Waals surface area (Å²) in [5.74, 6) is -0.358. The minimum Gasteiger partial charge on any atom is -0.394 e. The summed E-state index contributed by atoms with van der Waals surface area (Å²) in [5, 5.41) is 8.71.